The first-order valence-electron chi connectivity index (χ1n) is 7.87. The zero-order valence-corrected chi connectivity index (χ0v) is 16.9. The number of thioether (sulfide) groups is 1. The quantitative estimate of drug-likeness (QED) is 0.420. The second-order valence-corrected chi connectivity index (χ2v) is 6.94. The van der Waals surface area contributed by atoms with E-state index in [-0.39, 0.29) is 12.2 Å². The van der Waals surface area contributed by atoms with E-state index in [9.17, 15) is 9.59 Å². The zero-order valence-electron chi connectivity index (χ0n) is 15.2. The molecule has 0 atom stereocenters. The van der Waals surface area contributed by atoms with Crippen LogP contribution in [0.5, 0.6) is 11.5 Å². The van der Waals surface area contributed by atoms with Gasteiger partial charge < -0.3 is 19.5 Å². The van der Waals surface area contributed by atoms with E-state index in [4.69, 9.17) is 19.5 Å². The predicted octanol–water partition coefficient (Wildman–Crippen LogP) is 4.08. The number of esters is 1. The highest BCUT2D eigenvalue weighted by Crippen LogP contribution is 2.41. The molecular formula is C18H18N2O5S2. The Labute approximate surface area is 165 Å². The van der Waals surface area contributed by atoms with Gasteiger partial charge in [0.1, 0.15) is 15.3 Å². The lowest BCUT2D eigenvalue weighted by Gasteiger charge is -2.12. The van der Waals surface area contributed by atoms with Crippen molar-refractivity contribution < 1.29 is 23.8 Å². The maximum absolute atomic E-state index is 12.8. The second kappa shape index (κ2) is 9.30. The third-order valence-electron chi connectivity index (χ3n) is 3.57. The molecule has 1 aromatic carbocycles. The number of rotatable bonds is 7. The number of nitriles is 1. The minimum Gasteiger partial charge on any atom is -0.493 e. The Morgan fingerprint density at radius 3 is 2.63 bits per heavy atom. The molecule has 1 amide bonds. The molecule has 0 aliphatic rings. The van der Waals surface area contributed by atoms with Crippen LogP contribution in [0.4, 0.5) is 5.00 Å². The maximum atomic E-state index is 12.8. The fourth-order valence-electron chi connectivity index (χ4n) is 2.38. The van der Waals surface area contributed by atoms with Crippen LogP contribution in [0.25, 0.3) is 0 Å². The molecule has 9 heteroatoms. The van der Waals surface area contributed by atoms with Gasteiger partial charge in [-0.05, 0) is 43.3 Å². The summed E-state index contributed by atoms with van der Waals surface area (Å²) in [6.45, 7) is 3.66. The number of nitrogens with one attached hydrogen (secondary N) is 1. The number of methoxy groups -OCH3 is 2. The van der Waals surface area contributed by atoms with Gasteiger partial charge in [-0.15, -0.1) is 11.3 Å². The Kier molecular flexibility index (Phi) is 7.10. The molecular weight excluding hydrogens is 388 g/mol. The Morgan fingerprint density at radius 2 is 2.04 bits per heavy atom. The van der Waals surface area contributed by atoms with E-state index in [1.165, 1.54) is 14.2 Å². The number of amides is 1. The van der Waals surface area contributed by atoms with Crippen molar-refractivity contribution in [2.75, 3.05) is 26.1 Å². The average Bonchev–Trinajstić information content (AvgIpc) is 2.97. The second-order valence-electron chi connectivity index (χ2n) is 5.12. The first-order valence-corrected chi connectivity index (χ1v) is 9.50. The van der Waals surface area contributed by atoms with Crippen molar-refractivity contribution in [3.63, 3.8) is 0 Å². The molecule has 0 spiro atoms. The fourth-order valence-corrected chi connectivity index (χ4v) is 4.17. The van der Waals surface area contributed by atoms with Crippen LogP contribution < -0.4 is 14.8 Å². The lowest BCUT2D eigenvalue weighted by Crippen LogP contribution is -2.13. The highest BCUT2D eigenvalue weighted by atomic mass is 32.2. The van der Waals surface area contributed by atoms with Crippen molar-refractivity contribution in [1.82, 2.24) is 0 Å². The van der Waals surface area contributed by atoms with Crippen molar-refractivity contribution in [2.24, 2.45) is 0 Å². The molecule has 27 heavy (non-hydrogen) atoms. The van der Waals surface area contributed by atoms with Crippen molar-refractivity contribution >= 4 is 40.0 Å². The Bertz CT molecular complexity index is 902. The van der Waals surface area contributed by atoms with Crippen LogP contribution in [0.3, 0.4) is 0 Å². The van der Waals surface area contributed by atoms with Gasteiger partial charge in [-0.25, -0.2) is 4.79 Å². The maximum Gasteiger partial charge on any atom is 0.348 e. The first-order chi connectivity index (χ1) is 13.0. The molecule has 0 aliphatic carbocycles. The molecule has 0 bridgehead atoms. The lowest BCUT2D eigenvalue weighted by molar-refractivity contribution is 0.0531. The highest BCUT2D eigenvalue weighted by molar-refractivity contribution is 8.04. The largest absolute Gasteiger partial charge is 0.493 e. The van der Waals surface area contributed by atoms with Crippen LogP contribution in [-0.2, 0) is 4.74 Å². The van der Waals surface area contributed by atoms with Gasteiger partial charge in [0, 0.05) is 0 Å². The minimum atomic E-state index is -0.487. The van der Waals surface area contributed by atoms with Gasteiger partial charge in [0.2, 0.25) is 0 Å². The number of thiophene rings is 1. The van der Waals surface area contributed by atoms with Crippen LogP contribution >= 0.6 is 23.1 Å². The first kappa shape index (κ1) is 20.6. The van der Waals surface area contributed by atoms with Gasteiger partial charge in [-0.1, -0.05) is 6.07 Å². The number of carbonyl (C=O) groups is 2. The number of nitrogens with zero attached hydrogens (tertiary/aromatic N) is 1. The lowest BCUT2D eigenvalue weighted by atomic mass is 10.1. The Balaban J connectivity index is 2.42. The summed E-state index contributed by atoms with van der Waals surface area (Å²) in [5.74, 6) is -0.210. The SMILES string of the molecule is CCOC(=O)c1sc(NC(=O)c2cccc(OC)c2OC)c(SC#N)c1C. The van der Waals surface area contributed by atoms with Crippen LogP contribution in [0.2, 0.25) is 0 Å². The minimum absolute atomic E-state index is 0.236. The Morgan fingerprint density at radius 1 is 1.30 bits per heavy atom. The van der Waals surface area contributed by atoms with E-state index < -0.39 is 11.9 Å². The molecule has 142 valence electrons. The van der Waals surface area contributed by atoms with Gasteiger partial charge in [-0.3, -0.25) is 4.79 Å². The van der Waals surface area contributed by atoms with Crippen LogP contribution in [0.15, 0.2) is 23.1 Å². The standard InChI is InChI=1S/C18H18N2O5S2/c1-5-25-18(22)15-10(2)14(26-9-19)17(27-15)20-16(21)11-7-6-8-12(23-3)13(11)24-4/h6-8H,5H2,1-4H3,(H,20,21). The van der Waals surface area contributed by atoms with E-state index in [1.54, 1.807) is 32.0 Å². The van der Waals surface area contributed by atoms with Crippen molar-refractivity contribution in [3.05, 3.63) is 34.2 Å². The van der Waals surface area contributed by atoms with Crippen molar-refractivity contribution in [3.8, 4) is 16.9 Å². The summed E-state index contributed by atoms with van der Waals surface area (Å²) in [6, 6.07) is 4.95. The topological polar surface area (TPSA) is 97.7 Å². The summed E-state index contributed by atoms with van der Waals surface area (Å²) in [7, 11) is 2.93. The molecule has 0 saturated heterocycles. The molecule has 0 unspecified atom stereocenters. The number of hydrogen-bond donors (Lipinski definition) is 1. The van der Waals surface area contributed by atoms with E-state index in [0.29, 0.717) is 31.8 Å². The van der Waals surface area contributed by atoms with Crippen LogP contribution in [0, 0.1) is 17.6 Å². The van der Waals surface area contributed by atoms with Crippen LogP contribution in [-0.4, -0.2) is 32.7 Å². The van der Waals surface area contributed by atoms with Crippen molar-refractivity contribution in [1.29, 1.82) is 5.26 Å². The summed E-state index contributed by atoms with van der Waals surface area (Å²) in [4.78, 5) is 25.8. The van der Waals surface area contributed by atoms with Crippen LogP contribution in [0.1, 0.15) is 32.5 Å². The van der Waals surface area contributed by atoms with Crippen molar-refractivity contribution in [2.45, 2.75) is 18.7 Å². The summed E-state index contributed by atoms with van der Waals surface area (Å²) < 4.78 is 15.5. The monoisotopic (exact) mass is 406 g/mol. The van der Waals surface area contributed by atoms with E-state index >= 15 is 0 Å². The third-order valence-corrected chi connectivity index (χ3v) is 5.70. The van der Waals surface area contributed by atoms with Gasteiger partial charge in [0.25, 0.3) is 5.91 Å². The van der Waals surface area contributed by atoms with Gasteiger partial charge in [-0.2, -0.15) is 5.26 Å². The summed E-state index contributed by atoms with van der Waals surface area (Å²) in [5.41, 5.74) is 0.867. The molecule has 1 aromatic heterocycles. The van der Waals surface area contributed by atoms with E-state index in [1.807, 2.05) is 5.40 Å². The molecule has 2 rings (SSSR count). The smallest absolute Gasteiger partial charge is 0.348 e. The summed E-state index contributed by atoms with van der Waals surface area (Å²) in [6.07, 6.45) is 0. The predicted molar refractivity (Wildman–Crippen MR) is 104 cm³/mol. The number of benzene rings is 1. The normalized spacial score (nSPS) is 10.0. The van der Waals surface area contributed by atoms with E-state index in [0.717, 1.165) is 23.1 Å². The van der Waals surface area contributed by atoms with E-state index in [2.05, 4.69) is 5.32 Å². The Hall–Kier alpha value is -2.70. The summed E-state index contributed by atoms with van der Waals surface area (Å²) >= 11 is 1.95. The molecule has 0 radical (unpaired) electrons. The molecule has 0 saturated carbocycles. The third kappa shape index (κ3) is 4.35. The molecule has 1 N–H and O–H groups in total. The molecule has 7 nitrogen and oxygen atoms in total. The molecule has 1 heterocycles. The number of thiocyanates is 1. The number of ether oxygens (including phenoxy) is 3. The van der Waals surface area contributed by atoms with Gasteiger partial charge >= 0.3 is 5.97 Å². The number of carbonyl (C=O) groups excluding carboxylic acids is 2. The van der Waals surface area contributed by atoms with Gasteiger partial charge in [0.05, 0.1) is 31.3 Å². The number of anilines is 1. The fraction of sp³-hybridized carbons (Fsp3) is 0.278. The van der Waals surface area contributed by atoms with Gasteiger partial charge in [0.15, 0.2) is 11.5 Å². The highest BCUT2D eigenvalue weighted by Gasteiger charge is 2.24. The molecule has 0 aliphatic heterocycles. The summed E-state index contributed by atoms with van der Waals surface area (Å²) in [5, 5.41) is 14.2. The average molecular weight is 406 g/mol. The molecule has 2 aromatic rings. The number of hydrogen-bond acceptors (Lipinski definition) is 8. The molecule has 0 fully saturated rings. The number of para-hydroxylation sites is 1. The zero-order chi connectivity index (χ0) is 20.0.